The first-order valence-corrected chi connectivity index (χ1v) is 11.9. The molecule has 0 bridgehead atoms. The minimum Gasteiger partial charge on any atom is -0.457 e. The highest BCUT2D eigenvalue weighted by atomic mass is 79.9. The molecule has 3 aromatic carbocycles. The first kappa shape index (κ1) is 19.3. The van der Waals surface area contributed by atoms with Crippen molar-refractivity contribution in [3.63, 3.8) is 0 Å². The van der Waals surface area contributed by atoms with Crippen molar-refractivity contribution < 1.29 is 4.74 Å². The normalized spacial score (nSPS) is 15.1. The highest BCUT2D eigenvalue weighted by Gasteiger charge is 2.52. The van der Waals surface area contributed by atoms with E-state index < -0.39 is 5.54 Å². The predicted octanol–water partition coefficient (Wildman–Crippen LogP) is 7.63. The van der Waals surface area contributed by atoms with Crippen molar-refractivity contribution in [2.75, 3.05) is 0 Å². The van der Waals surface area contributed by atoms with Crippen LogP contribution in [0.4, 0.5) is 0 Å². The van der Waals surface area contributed by atoms with E-state index >= 15 is 0 Å². The molecule has 0 saturated heterocycles. The van der Waals surface area contributed by atoms with Gasteiger partial charge < -0.3 is 4.74 Å². The van der Waals surface area contributed by atoms with Crippen molar-refractivity contribution in [1.82, 2.24) is 9.78 Å². The quantitative estimate of drug-likeness (QED) is 0.200. The lowest BCUT2D eigenvalue weighted by Gasteiger charge is -2.39. The molecule has 0 unspecified atom stereocenters. The second kappa shape index (κ2) is 6.33. The number of aromatic nitrogens is 2. The summed E-state index contributed by atoms with van der Waals surface area (Å²) in [5.74, 6) is 1.71. The van der Waals surface area contributed by atoms with Crippen LogP contribution in [0.3, 0.4) is 0 Å². The van der Waals surface area contributed by atoms with Crippen LogP contribution in [0.25, 0.3) is 11.3 Å². The average Bonchev–Trinajstić information content (AvgIpc) is 3.28. The topological polar surface area (TPSA) is 27.1 Å². The standard InChI is InChI=1S/C26H20Br2N2O/c1-25(2,3)24-14-21-17-6-4-5-7-18(17)26(30(21)29-24)19-12-15(27)8-10-22(19)31-23-11-9-16(28)13-20(23)26/h4-14H,1-3H3. The minimum atomic E-state index is -0.605. The van der Waals surface area contributed by atoms with E-state index in [0.717, 1.165) is 43.0 Å². The zero-order valence-corrected chi connectivity index (χ0v) is 20.6. The van der Waals surface area contributed by atoms with Gasteiger partial charge in [0.2, 0.25) is 0 Å². The lowest BCUT2D eigenvalue weighted by atomic mass is 9.75. The van der Waals surface area contributed by atoms with E-state index in [-0.39, 0.29) is 5.41 Å². The molecule has 6 rings (SSSR count). The molecule has 2 aliphatic heterocycles. The molecule has 0 atom stereocenters. The van der Waals surface area contributed by atoms with Crippen LogP contribution in [0.5, 0.6) is 11.5 Å². The number of hydrogen-bond acceptors (Lipinski definition) is 2. The monoisotopic (exact) mass is 534 g/mol. The molecule has 0 N–H and O–H groups in total. The molecule has 0 amide bonds. The van der Waals surface area contributed by atoms with Gasteiger partial charge in [0.25, 0.3) is 0 Å². The van der Waals surface area contributed by atoms with Crippen LogP contribution in [-0.4, -0.2) is 9.78 Å². The average molecular weight is 536 g/mol. The van der Waals surface area contributed by atoms with Gasteiger partial charge in [-0.3, -0.25) is 0 Å². The number of hydrogen-bond donors (Lipinski definition) is 0. The van der Waals surface area contributed by atoms with Crippen molar-refractivity contribution in [2.24, 2.45) is 0 Å². The molecular formula is C26H20Br2N2O. The van der Waals surface area contributed by atoms with Gasteiger partial charge in [0, 0.05) is 31.1 Å². The van der Waals surface area contributed by atoms with E-state index in [1.165, 1.54) is 11.1 Å². The zero-order chi connectivity index (χ0) is 21.5. The van der Waals surface area contributed by atoms with Crippen LogP contribution in [0.2, 0.25) is 0 Å². The van der Waals surface area contributed by atoms with Crippen LogP contribution in [0.15, 0.2) is 75.7 Å². The molecule has 0 aliphatic carbocycles. The van der Waals surface area contributed by atoms with E-state index in [1.54, 1.807) is 0 Å². The number of nitrogens with zero attached hydrogens (tertiary/aromatic N) is 2. The van der Waals surface area contributed by atoms with Gasteiger partial charge >= 0.3 is 0 Å². The predicted molar refractivity (Wildman–Crippen MR) is 130 cm³/mol. The highest BCUT2D eigenvalue weighted by Crippen LogP contribution is 2.59. The Morgan fingerprint density at radius 2 is 1.42 bits per heavy atom. The molecule has 5 heteroatoms. The molecule has 154 valence electrons. The van der Waals surface area contributed by atoms with Gasteiger partial charge in [-0.25, -0.2) is 4.68 Å². The third kappa shape index (κ3) is 2.53. The molecule has 1 aromatic heterocycles. The van der Waals surface area contributed by atoms with E-state index in [2.05, 4.69) is 99.8 Å². The Morgan fingerprint density at radius 1 is 0.806 bits per heavy atom. The summed E-state index contributed by atoms with van der Waals surface area (Å²) in [7, 11) is 0. The lowest BCUT2D eigenvalue weighted by molar-refractivity contribution is 0.377. The zero-order valence-electron chi connectivity index (χ0n) is 17.4. The number of ether oxygens (including phenoxy) is 1. The summed E-state index contributed by atoms with van der Waals surface area (Å²) < 4.78 is 10.6. The highest BCUT2D eigenvalue weighted by molar-refractivity contribution is 9.10. The van der Waals surface area contributed by atoms with E-state index in [1.807, 2.05) is 24.3 Å². The van der Waals surface area contributed by atoms with Crippen molar-refractivity contribution >= 4 is 31.9 Å². The molecule has 0 saturated carbocycles. The summed E-state index contributed by atoms with van der Waals surface area (Å²) >= 11 is 7.40. The molecule has 4 aromatic rings. The van der Waals surface area contributed by atoms with Gasteiger partial charge in [0.1, 0.15) is 17.0 Å². The fourth-order valence-corrected chi connectivity index (χ4v) is 5.58. The molecule has 0 radical (unpaired) electrons. The third-order valence-electron chi connectivity index (χ3n) is 6.27. The van der Waals surface area contributed by atoms with Crippen molar-refractivity contribution in [3.8, 4) is 22.8 Å². The maximum Gasteiger partial charge on any atom is 0.146 e. The Kier molecular flexibility index (Phi) is 3.95. The Labute approximate surface area is 198 Å². The summed E-state index contributed by atoms with van der Waals surface area (Å²) in [6.45, 7) is 6.63. The van der Waals surface area contributed by atoms with Gasteiger partial charge in [0.05, 0.1) is 11.4 Å². The van der Waals surface area contributed by atoms with Crippen LogP contribution >= 0.6 is 31.9 Å². The Hall–Kier alpha value is -2.37. The summed E-state index contributed by atoms with van der Waals surface area (Å²) in [5.41, 5.74) is 6.16. The van der Waals surface area contributed by atoms with Crippen molar-refractivity contribution in [2.45, 2.75) is 31.7 Å². The summed E-state index contributed by atoms with van der Waals surface area (Å²) in [5, 5.41) is 5.24. The number of rotatable bonds is 0. The molecule has 1 spiro atoms. The van der Waals surface area contributed by atoms with Gasteiger partial charge in [0.15, 0.2) is 0 Å². The summed E-state index contributed by atoms with van der Waals surface area (Å²) in [4.78, 5) is 0. The van der Waals surface area contributed by atoms with Crippen LogP contribution < -0.4 is 4.74 Å². The van der Waals surface area contributed by atoms with Crippen LogP contribution in [0, 0.1) is 0 Å². The van der Waals surface area contributed by atoms with Gasteiger partial charge in [-0.05, 0) is 48.0 Å². The number of halogens is 2. The van der Waals surface area contributed by atoms with E-state index in [4.69, 9.17) is 9.84 Å². The molecule has 31 heavy (non-hydrogen) atoms. The van der Waals surface area contributed by atoms with Crippen molar-refractivity contribution in [3.05, 3.63) is 98.1 Å². The molecule has 0 fully saturated rings. The second-order valence-corrected chi connectivity index (χ2v) is 11.0. The smallest absolute Gasteiger partial charge is 0.146 e. The largest absolute Gasteiger partial charge is 0.457 e. The molecular weight excluding hydrogens is 516 g/mol. The van der Waals surface area contributed by atoms with Gasteiger partial charge in [-0.1, -0.05) is 76.9 Å². The van der Waals surface area contributed by atoms with Crippen LogP contribution in [-0.2, 0) is 11.0 Å². The number of benzene rings is 3. The third-order valence-corrected chi connectivity index (χ3v) is 7.26. The Morgan fingerprint density at radius 3 is 2.03 bits per heavy atom. The van der Waals surface area contributed by atoms with Gasteiger partial charge in [-0.2, -0.15) is 5.10 Å². The summed E-state index contributed by atoms with van der Waals surface area (Å²) in [6, 6.07) is 23.4. The first-order chi connectivity index (χ1) is 14.8. The molecule has 3 heterocycles. The van der Waals surface area contributed by atoms with Gasteiger partial charge in [-0.15, -0.1) is 0 Å². The fourth-order valence-electron chi connectivity index (χ4n) is 4.86. The van der Waals surface area contributed by atoms with Crippen molar-refractivity contribution in [1.29, 1.82) is 0 Å². The lowest BCUT2D eigenvalue weighted by Crippen LogP contribution is -2.38. The maximum absolute atomic E-state index is 6.40. The SMILES string of the molecule is CC(C)(C)c1cc2n(n1)C1(c3cc(Br)ccc3Oc3ccc(Br)cc31)c1ccccc1-2. The second-order valence-electron chi connectivity index (χ2n) is 9.22. The Balaban J connectivity index is 1.82. The first-order valence-electron chi connectivity index (χ1n) is 10.3. The Bertz CT molecular complexity index is 1330. The minimum absolute atomic E-state index is 0.0567. The molecule has 3 nitrogen and oxygen atoms in total. The summed E-state index contributed by atoms with van der Waals surface area (Å²) in [6.07, 6.45) is 0. The fraction of sp³-hybridized carbons (Fsp3) is 0.192. The molecule has 2 aliphatic rings. The van der Waals surface area contributed by atoms with Crippen LogP contribution in [0.1, 0.15) is 43.2 Å². The van der Waals surface area contributed by atoms with E-state index in [9.17, 15) is 0 Å². The van der Waals surface area contributed by atoms with E-state index in [0.29, 0.717) is 0 Å². The number of fused-ring (bicyclic) bond motifs is 9. The maximum atomic E-state index is 6.40.